The fourth-order valence-electron chi connectivity index (χ4n) is 2.46. The number of primary amides is 1. The molecule has 0 aromatic heterocycles. The lowest BCUT2D eigenvalue weighted by atomic mass is 9.80. The summed E-state index contributed by atoms with van der Waals surface area (Å²) in [5.41, 5.74) is 9.68. The predicted octanol–water partition coefficient (Wildman–Crippen LogP) is 1.24. The number of benzene rings is 1. The summed E-state index contributed by atoms with van der Waals surface area (Å²) in [4.78, 5) is 21.2. The van der Waals surface area contributed by atoms with Gasteiger partial charge in [-0.05, 0) is 25.3 Å². The molecule has 1 fully saturated rings. The van der Waals surface area contributed by atoms with Gasteiger partial charge < -0.3 is 16.2 Å². The van der Waals surface area contributed by atoms with Crippen molar-refractivity contribution in [1.29, 1.82) is 0 Å². The SMILES string of the molecule is NC(=O)C1(N)CCCC(Oc2ccc([N+](=O)[O-])cc2F)C1. The number of nitro groups is 1. The lowest BCUT2D eigenvalue weighted by molar-refractivity contribution is -0.385. The van der Waals surface area contributed by atoms with Gasteiger partial charge in [0.15, 0.2) is 11.6 Å². The van der Waals surface area contributed by atoms with Gasteiger partial charge in [-0.1, -0.05) is 0 Å². The third kappa shape index (κ3) is 3.27. The fraction of sp³-hybridized carbons (Fsp3) is 0.462. The van der Waals surface area contributed by atoms with Crippen LogP contribution in [0.3, 0.4) is 0 Å². The lowest BCUT2D eigenvalue weighted by Crippen LogP contribution is -2.56. The van der Waals surface area contributed by atoms with Gasteiger partial charge in [-0.25, -0.2) is 4.39 Å². The largest absolute Gasteiger partial charge is 0.487 e. The summed E-state index contributed by atoms with van der Waals surface area (Å²) in [6, 6.07) is 3.15. The molecule has 114 valence electrons. The molecule has 4 N–H and O–H groups in total. The van der Waals surface area contributed by atoms with Crippen LogP contribution in [0.4, 0.5) is 10.1 Å². The summed E-state index contributed by atoms with van der Waals surface area (Å²) in [6.45, 7) is 0. The molecule has 7 nitrogen and oxygen atoms in total. The van der Waals surface area contributed by atoms with Gasteiger partial charge in [0.1, 0.15) is 6.10 Å². The van der Waals surface area contributed by atoms with Crippen molar-refractivity contribution in [3.05, 3.63) is 34.1 Å². The first-order valence-electron chi connectivity index (χ1n) is 6.51. The molecule has 0 heterocycles. The number of halogens is 1. The number of nitro benzene ring substituents is 1. The third-order valence-electron chi connectivity index (χ3n) is 3.65. The predicted molar refractivity (Wildman–Crippen MR) is 72.1 cm³/mol. The van der Waals surface area contributed by atoms with Crippen LogP contribution >= 0.6 is 0 Å². The van der Waals surface area contributed by atoms with Gasteiger partial charge >= 0.3 is 0 Å². The van der Waals surface area contributed by atoms with Crippen molar-refractivity contribution in [1.82, 2.24) is 0 Å². The standard InChI is InChI=1S/C13H16FN3O4/c14-10-6-8(17(19)20)3-4-11(10)21-9-2-1-5-13(16,7-9)12(15)18/h3-4,6,9H,1-2,5,7,16H2,(H2,15,18). The van der Waals surface area contributed by atoms with Crippen LogP contribution in [0.1, 0.15) is 25.7 Å². The van der Waals surface area contributed by atoms with Crippen LogP contribution in [-0.4, -0.2) is 22.5 Å². The molecule has 1 aliphatic rings. The number of non-ortho nitro benzene ring substituents is 1. The van der Waals surface area contributed by atoms with E-state index in [2.05, 4.69) is 0 Å². The molecule has 2 rings (SSSR count). The molecule has 1 aromatic carbocycles. The van der Waals surface area contributed by atoms with Crippen molar-refractivity contribution in [3.63, 3.8) is 0 Å². The van der Waals surface area contributed by atoms with E-state index in [0.29, 0.717) is 19.3 Å². The molecule has 0 aliphatic heterocycles. The highest BCUT2D eigenvalue weighted by atomic mass is 19.1. The van der Waals surface area contributed by atoms with Crippen LogP contribution in [0.25, 0.3) is 0 Å². The van der Waals surface area contributed by atoms with Gasteiger partial charge in [0.2, 0.25) is 5.91 Å². The van der Waals surface area contributed by atoms with E-state index in [1.54, 1.807) is 0 Å². The summed E-state index contributed by atoms with van der Waals surface area (Å²) in [5.74, 6) is -1.53. The van der Waals surface area contributed by atoms with Gasteiger partial charge in [0, 0.05) is 12.5 Å². The van der Waals surface area contributed by atoms with Gasteiger partial charge in [0.05, 0.1) is 16.5 Å². The van der Waals surface area contributed by atoms with Crippen LogP contribution in [0.5, 0.6) is 5.75 Å². The molecule has 8 heteroatoms. The second-order valence-electron chi connectivity index (χ2n) is 5.23. The molecule has 1 saturated carbocycles. The van der Waals surface area contributed by atoms with E-state index in [-0.39, 0.29) is 17.9 Å². The van der Waals surface area contributed by atoms with E-state index < -0.39 is 28.3 Å². The molecule has 1 aromatic rings. The smallest absolute Gasteiger partial charge is 0.272 e. The minimum Gasteiger partial charge on any atom is -0.487 e. The number of amides is 1. The Balaban J connectivity index is 2.11. The summed E-state index contributed by atoms with van der Waals surface area (Å²) < 4.78 is 19.2. The minimum absolute atomic E-state index is 0.0979. The Morgan fingerprint density at radius 2 is 2.24 bits per heavy atom. The van der Waals surface area contributed by atoms with Gasteiger partial charge in [-0.3, -0.25) is 14.9 Å². The molecule has 2 unspecified atom stereocenters. The number of hydrogen-bond acceptors (Lipinski definition) is 5. The molecule has 0 spiro atoms. The van der Waals surface area contributed by atoms with Crippen molar-refractivity contribution in [2.45, 2.75) is 37.3 Å². The first-order chi connectivity index (χ1) is 9.82. The van der Waals surface area contributed by atoms with E-state index >= 15 is 0 Å². The molecular weight excluding hydrogens is 281 g/mol. The monoisotopic (exact) mass is 297 g/mol. The van der Waals surface area contributed by atoms with Crippen LogP contribution in [0.2, 0.25) is 0 Å². The second kappa shape index (κ2) is 5.65. The first-order valence-corrected chi connectivity index (χ1v) is 6.51. The van der Waals surface area contributed by atoms with Crippen LogP contribution < -0.4 is 16.2 Å². The summed E-state index contributed by atoms with van der Waals surface area (Å²) in [7, 11) is 0. The number of nitrogens with two attached hydrogens (primary N) is 2. The molecule has 0 radical (unpaired) electrons. The second-order valence-corrected chi connectivity index (χ2v) is 5.23. The van der Waals surface area contributed by atoms with E-state index in [4.69, 9.17) is 16.2 Å². The average molecular weight is 297 g/mol. The molecule has 2 atom stereocenters. The molecule has 0 bridgehead atoms. The minimum atomic E-state index is -1.15. The highest BCUT2D eigenvalue weighted by molar-refractivity contribution is 5.84. The molecule has 1 amide bonds. The Bertz CT molecular complexity index is 581. The Morgan fingerprint density at radius 3 is 2.81 bits per heavy atom. The zero-order chi connectivity index (χ0) is 15.6. The summed E-state index contributed by atoms with van der Waals surface area (Å²) >= 11 is 0. The zero-order valence-electron chi connectivity index (χ0n) is 11.3. The average Bonchev–Trinajstić information content (AvgIpc) is 2.41. The number of hydrogen-bond donors (Lipinski definition) is 2. The number of carbonyl (C=O) groups is 1. The fourth-order valence-corrected chi connectivity index (χ4v) is 2.46. The molecule has 21 heavy (non-hydrogen) atoms. The Labute approximate surface area is 120 Å². The third-order valence-corrected chi connectivity index (χ3v) is 3.65. The quantitative estimate of drug-likeness (QED) is 0.639. The van der Waals surface area contributed by atoms with Crippen molar-refractivity contribution in [2.24, 2.45) is 11.5 Å². The van der Waals surface area contributed by atoms with Crippen molar-refractivity contribution < 1.29 is 18.8 Å². The number of nitrogens with zero attached hydrogens (tertiary/aromatic N) is 1. The number of ether oxygens (including phenoxy) is 1. The Morgan fingerprint density at radius 1 is 1.52 bits per heavy atom. The van der Waals surface area contributed by atoms with Crippen molar-refractivity contribution >= 4 is 11.6 Å². The zero-order valence-corrected chi connectivity index (χ0v) is 11.3. The van der Waals surface area contributed by atoms with Gasteiger partial charge in [-0.15, -0.1) is 0 Å². The van der Waals surface area contributed by atoms with Crippen LogP contribution in [0.15, 0.2) is 18.2 Å². The van der Waals surface area contributed by atoms with E-state index in [1.165, 1.54) is 6.07 Å². The van der Waals surface area contributed by atoms with Gasteiger partial charge in [0.25, 0.3) is 5.69 Å². The number of carbonyl (C=O) groups excluding carboxylic acids is 1. The van der Waals surface area contributed by atoms with Crippen LogP contribution in [-0.2, 0) is 4.79 Å². The van der Waals surface area contributed by atoms with Crippen molar-refractivity contribution in [3.8, 4) is 5.75 Å². The normalized spacial score (nSPS) is 25.3. The summed E-state index contributed by atoms with van der Waals surface area (Å²) in [5, 5.41) is 10.5. The van der Waals surface area contributed by atoms with E-state index in [0.717, 1.165) is 12.1 Å². The Hall–Kier alpha value is -2.22. The molecular formula is C13H16FN3O4. The highest BCUT2D eigenvalue weighted by Gasteiger charge is 2.39. The first kappa shape index (κ1) is 15.2. The maximum Gasteiger partial charge on any atom is 0.272 e. The lowest BCUT2D eigenvalue weighted by Gasteiger charge is -2.35. The maximum absolute atomic E-state index is 13.8. The van der Waals surface area contributed by atoms with E-state index in [1.807, 2.05) is 0 Å². The Kier molecular flexibility index (Phi) is 4.08. The highest BCUT2D eigenvalue weighted by Crippen LogP contribution is 2.31. The summed E-state index contributed by atoms with van der Waals surface area (Å²) in [6.07, 6.45) is 1.46. The number of rotatable bonds is 4. The van der Waals surface area contributed by atoms with Crippen molar-refractivity contribution in [2.75, 3.05) is 0 Å². The maximum atomic E-state index is 13.8. The van der Waals surface area contributed by atoms with Gasteiger partial charge in [-0.2, -0.15) is 0 Å². The molecule has 1 aliphatic carbocycles. The van der Waals surface area contributed by atoms with Crippen LogP contribution in [0, 0.1) is 15.9 Å². The molecule has 0 saturated heterocycles. The topological polar surface area (TPSA) is 121 Å². The van der Waals surface area contributed by atoms with E-state index in [9.17, 15) is 19.3 Å².